The lowest BCUT2D eigenvalue weighted by Gasteiger charge is -2.07. The maximum absolute atomic E-state index is 13.6. The average Bonchev–Trinajstić information content (AvgIpc) is 2.35. The molecule has 0 radical (unpaired) electrons. The fourth-order valence-electron chi connectivity index (χ4n) is 1.29. The van der Waals surface area contributed by atoms with Crippen LogP contribution in [0.5, 0.6) is 11.6 Å². The van der Waals surface area contributed by atoms with Crippen LogP contribution in [0.25, 0.3) is 0 Å². The molecule has 0 amide bonds. The molecule has 0 bridgehead atoms. The molecule has 0 spiro atoms. The minimum atomic E-state index is -0.478. The Morgan fingerprint density at radius 2 is 2.11 bits per heavy atom. The van der Waals surface area contributed by atoms with E-state index in [1.54, 1.807) is 12.1 Å². The Morgan fingerprint density at radius 1 is 1.33 bits per heavy atom. The van der Waals surface area contributed by atoms with Gasteiger partial charge in [-0.3, -0.25) is 0 Å². The molecular formula is C12H7BrCl2FNO. The summed E-state index contributed by atoms with van der Waals surface area (Å²) in [5.74, 6) is 0.0962. The van der Waals surface area contributed by atoms with E-state index in [4.69, 9.17) is 27.9 Å². The molecule has 0 aliphatic heterocycles. The summed E-state index contributed by atoms with van der Waals surface area (Å²) >= 11 is 14.7. The summed E-state index contributed by atoms with van der Waals surface area (Å²) in [6, 6.07) is 6.08. The topological polar surface area (TPSA) is 22.1 Å². The molecule has 2 aromatic rings. The highest BCUT2D eigenvalue weighted by Gasteiger charge is 2.08. The molecule has 0 fully saturated rings. The maximum atomic E-state index is 13.6. The molecule has 1 aromatic carbocycles. The molecule has 0 N–H and O–H groups in total. The van der Waals surface area contributed by atoms with E-state index >= 15 is 0 Å². The second-order valence-electron chi connectivity index (χ2n) is 3.42. The summed E-state index contributed by atoms with van der Waals surface area (Å²) in [5, 5.41) is 0.452. The summed E-state index contributed by atoms with van der Waals surface area (Å²) in [6.07, 6.45) is 1.42. The zero-order valence-electron chi connectivity index (χ0n) is 8.96. The van der Waals surface area contributed by atoms with Gasteiger partial charge in [-0.15, -0.1) is 11.6 Å². The van der Waals surface area contributed by atoms with Crippen LogP contribution in [0.3, 0.4) is 0 Å². The van der Waals surface area contributed by atoms with Crippen molar-refractivity contribution in [1.29, 1.82) is 0 Å². The lowest BCUT2D eigenvalue weighted by atomic mass is 10.3. The number of nitrogens with zero attached hydrogens (tertiary/aromatic N) is 1. The molecule has 0 aliphatic carbocycles. The van der Waals surface area contributed by atoms with E-state index in [-0.39, 0.29) is 17.5 Å². The highest BCUT2D eigenvalue weighted by Crippen LogP contribution is 2.28. The number of pyridine rings is 1. The van der Waals surface area contributed by atoms with Crippen LogP contribution in [0, 0.1) is 5.82 Å². The summed E-state index contributed by atoms with van der Waals surface area (Å²) in [4.78, 5) is 3.95. The fourth-order valence-corrected chi connectivity index (χ4v) is 2.08. The van der Waals surface area contributed by atoms with Gasteiger partial charge in [-0.25, -0.2) is 9.37 Å². The number of alkyl halides is 1. The van der Waals surface area contributed by atoms with Crippen LogP contribution in [0.15, 0.2) is 34.9 Å². The second kappa shape index (κ2) is 5.87. The van der Waals surface area contributed by atoms with Crippen molar-refractivity contribution in [1.82, 2.24) is 4.98 Å². The fraction of sp³-hybridized carbons (Fsp3) is 0.0833. The SMILES string of the molecule is Fc1cc(Br)ccc1Oc1cc(CCl)c(Cl)cn1. The van der Waals surface area contributed by atoms with E-state index in [9.17, 15) is 4.39 Å². The zero-order valence-corrected chi connectivity index (χ0v) is 12.1. The molecular weight excluding hydrogens is 344 g/mol. The number of halogens is 4. The number of hydrogen-bond donors (Lipinski definition) is 0. The van der Waals surface area contributed by atoms with Crippen LogP contribution in [0.4, 0.5) is 4.39 Å². The van der Waals surface area contributed by atoms with Gasteiger partial charge in [0.05, 0.1) is 5.02 Å². The number of hydrogen-bond acceptors (Lipinski definition) is 2. The van der Waals surface area contributed by atoms with Crippen LogP contribution >= 0.6 is 39.1 Å². The first-order valence-corrected chi connectivity index (χ1v) is 6.64. The van der Waals surface area contributed by atoms with Crippen LogP contribution in [0.1, 0.15) is 5.56 Å². The summed E-state index contributed by atoms with van der Waals surface area (Å²) in [5.41, 5.74) is 0.681. The van der Waals surface area contributed by atoms with Crippen LogP contribution in [0.2, 0.25) is 5.02 Å². The Bertz CT molecular complexity index is 580. The quantitative estimate of drug-likeness (QED) is 0.712. The molecule has 0 saturated carbocycles. The highest BCUT2D eigenvalue weighted by molar-refractivity contribution is 9.10. The molecule has 94 valence electrons. The Hall–Kier alpha value is -0.840. The van der Waals surface area contributed by atoms with Gasteiger partial charge in [0, 0.05) is 22.6 Å². The van der Waals surface area contributed by atoms with E-state index in [0.717, 1.165) is 0 Å². The number of benzene rings is 1. The van der Waals surface area contributed by atoms with Crippen molar-refractivity contribution in [2.24, 2.45) is 0 Å². The van der Waals surface area contributed by atoms with Gasteiger partial charge in [0.1, 0.15) is 0 Å². The number of rotatable bonds is 3. The Balaban J connectivity index is 2.28. The van der Waals surface area contributed by atoms with Crippen molar-refractivity contribution in [3.05, 3.63) is 51.3 Å². The largest absolute Gasteiger partial charge is 0.436 e. The van der Waals surface area contributed by atoms with Crippen molar-refractivity contribution in [3.63, 3.8) is 0 Å². The van der Waals surface area contributed by atoms with Gasteiger partial charge in [0.15, 0.2) is 11.6 Å². The minimum absolute atomic E-state index is 0.0912. The second-order valence-corrected chi connectivity index (χ2v) is 5.01. The van der Waals surface area contributed by atoms with Crippen LogP contribution in [-0.2, 0) is 5.88 Å². The van der Waals surface area contributed by atoms with Crippen molar-refractivity contribution in [2.75, 3.05) is 0 Å². The van der Waals surface area contributed by atoms with Gasteiger partial charge < -0.3 is 4.74 Å². The highest BCUT2D eigenvalue weighted by atomic mass is 79.9. The van der Waals surface area contributed by atoms with Gasteiger partial charge in [-0.2, -0.15) is 0 Å². The van der Waals surface area contributed by atoms with Crippen LogP contribution < -0.4 is 4.74 Å². The third kappa shape index (κ3) is 3.13. The number of ether oxygens (including phenoxy) is 1. The first-order chi connectivity index (χ1) is 8.60. The van der Waals surface area contributed by atoms with Crippen molar-refractivity contribution in [3.8, 4) is 11.6 Å². The first kappa shape index (κ1) is 13.6. The normalized spacial score (nSPS) is 10.4. The van der Waals surface area contributed by atoms with Crippen molar-refractivity contribution >= 4 is 39.1 Å². The van der Waals surface area contributed by atoms with E-state index in [1.165, 1.54) is 18.3 Å². The summed E-state index contributed by atoms with van der Waals surface area (Å²) < 4.78 is 19.5. The molecule has 1 aromatic heterocycles. The monoisotopic (exact) mass is 349 g/mol. The van der Waals surface area contributed by atoms with Crippen LogP contribution in [-0.4, -0.2) is 4.98 Å². The minimum Gasteiger partial charge on any atom is -0.436 e. The number of aromatic nitrogens is 1. The van der Waals surface area contributed by atoms with E-state index in [1.807, 2.05) is 0 Å². The molecule has 0 atom stereocenters. The smallest absolute Gasteiger partial charge is 0.219 e. The van der Waals surface area contributed by atoms with Crippen molar-refractivity contribution in [2.45, 2.75) is 5.88 Å². The predicted octanol–water partition coefficient (Wildman–Crippen LogP) is 5.17. The molecule has 2 rings (SSSR count). The molecule has 1 heterocycles. The van der Waals surface area contributed by atoms with E-state index in [2.05, 4.69) is 20.9 Å². The van der Waals surface area contributed by atoms with Crippen molar-refractivity contribution < 1.29 is 9.13 Å². The molecule has 6 heteroatoms. The lowest BCUT2D eigenvalue weighted by Crippen LogP contribution is -1.92. The predicted molar refractivity (Wildman–Crippen MR) is 73.0 cm³/mol. The zero-order chi connectivity index (χ0) is 13.1. The third-order valence-corrected chi connectivity index (χ3v) is 3.28. The molecule has 0 unspecified atom stereocenters. The average molecular weight is 351 g/mol. The maximum Gasteiger partial charge on any atom is 0.219 e. The Kier molecular flexibility index (Phi) is 4.43. The lowest BCUT2D eigenvalue weighted by molar-refractivity contribution is 0.427. The van der Waals surface area contributed by atoms with Gasteiger partial charge >= 0.3 is 0 Å². The van der Waals surface area contributed by atoms with E-state index < -0.39 is 5.82 Å². The Labute approximate surface area is 122 Å². The molecule has 18 heavy (non-hydrogen) atoms. The molecule has 0 saturated heterocycles. The third-order valence-electron chi connectivity index (χ3n) is 2.16. The van der Waals surface area contributed by atoms with E-state index in [0.29, 0.717) is 15.1 Å². The molecule has 0 aliphatic rings. The van der Waals surface area contributed by atoms with Gasteiger partial charge in [0.25, 0.3) is 0 Å². The summed E-state index contributed by atoms with van der Waals surface area (Å²) in [7, 11) is 0. The molecule has 2 nitrogen and oxygen atoms in total. The summed E-state index contributed by atoms with van der Waals surface area (Å²) in [6.45, 7) is 0. The van der Waals surface area contributed by atoms with Gasteiger partial charge in [-0.05, 0) is 23.8 Å². The van der Waals surface area contributed by atoms with Gasteiger partial charge in [-0.1, -0.05) is 27.5 Å². The standard InChI is InChI=1S/C12H7BrCl2FNO/c13-8-1-2-11(10(16)4-8)18-12-3-7(5-14)9(15)6-17-12/h1-4,6H,5H2. The first-order valence-electron chi connectivity index (χ1n) is 4.93. The Morgan fingerprint density at radius 3 is 2.78 bits per heavy atom. The van der Waals surface area contributed by atoms with Gasteiger partial charge in [0.2, 0.25) is 5.88 Å².